The minimum Gasteiger partial charge on any atom is -0.381 e. The van der Waals surface area contributed by atoms with Gasteiger partial charge in [0.15, 0.2) is 0 Å². The zero-order chi connectivity index (χ0) is 10.4. The Kier molecular flexibility index (Phi) is 5.49. The third kappa shape index (κ3) is 3.97. The van der Waals surface area contributed by atoms with Gasteiger partial charge in [-0.25, -0.2) is 0 Å². The summed E-state index contributed by atoms with van der Waals surface area (Å²) < 4.78 is 11.2. The summed E-state index contributed by atoms with van der Waals surface area (Å²) in [6.45, 7) is 6.15. The molecule has 1 aliphatic carbocycles. The van der Waals surface area contributed by atoms with Gasteiger partial charge in [-0.3, -0.25) is 0 Å². The lowest BCUT2D eigenvalue weighted by atomic mass is 9.87. The van der Waals surface area contributed by atoms with Gasteiger partial charge in [0, 0.05) is 19.6 Å². The topological polar surface area (TPSA) is 18.5 Å². The zero-order valence-electron chi connectivity index (χ0n) is 9.79. The molecule has 0 spiro atoms. The summed E-state index contributed by atoms with van der Waals surface area (Å²) >= 11 is 0. The first-order valence-electron chi connectivity index (χ1n) is 5.84. The molecule has 2 heteroatoms. The van der Waals surface area contributed by atoms with Gasteiger partial charge in [-0.15, -0.1) is 0 Å². The van der Waals surface area contributed by atoms with Crippen LogP contribution < -0.4 is 0 Å². The van der Waals surface area contributed by atoms with E-state index in [1.165, 1.54) is 25.7 Å². The van der Waals surface area contributed by atoms with Crippen molar-refractivity contribution in [3.05, 3.63) is 0 Å². The fraction of sp³-hybridized carbons (Fsp3) is 1.00. The largest absolute Gasteiger partial charge is 0.381 e. The lowest BCUT2D eigenvalue weighted by Gasteiger charge is -2.30. The van der Waals surface area contributed by atoms with Gasteiger partial charge in [-0.1, -0.05) is 26.7 Å². The van der Waals surface area contributed by atoms with Crippen LogP contribution in [-0.2, 0) is 9.47 Å². The molecule has 2 nitrogen and oxygen atoms in total. The fourth-order valence-corrected chi connectivity index (χ4v) is 2.13. The first kappa shape index (κ1) is 12.0. The summed E-state index contributed by atoms with van der Waals surface area (Å²) in [4.78, 5) is 0. The van der Waals surface area contributed by atoms with Crippen molar-refractivity contribution in [3.8, 4) is 0 Å². The molecule has 0 heterocycles. The van der Waals surface area contributed by atoms with Crippen LogP contribution in [0.2, 0.25) is 0 Å². The molecule has 1 rings (SSSR count). The number of hydrogen-bond acceptors (Lipinski definition) is 2. The van der Waals surface area contributed by atoms with Crippen molar-refractivity contribution < 1.29 is 9.47 Å². The van der Waals surface area contributed by atoms with Crippen molar-refractivity contribution in [2.45, 2.75) is 45.6 Å². The molecule has 0 bridgehead atoms. The summed E-state index contributed by atoms with van der Waals surface area (Å²) in [6.07, 6.45) is 5.59. The Hall–Kier alpha value is -0.0800. The molecule has 0 aromatic rings. The van der Waals surface area contributed by atoms with Crippen LogP contribution >= 0.6 is 0 Å². The third-order valence-electron chi connectivity index (χ3n) is 2.93. The van der Waals surface area contributed by atoms with E-state index in [1.54, 1.807) is 0 Å². The van der Waals surface area contributed by atoms with E-state index in [1.807, 2.05) is 7.11 Å². The smallest absolute Gasteiger partial charge is 0.0621 e. The van der Waals surface area contributed by atoms with Crippen molar-refractivity contribution in [2.24, 2.45) is 11.8 Å². The Morgan fingerprint density at radius 2 is 1.93 bits per heavy atom. The van der Waals surface area contributed by atoms with Crippen molar-refractivity contribution >= 4 is 0 Å². The van der Waals surface area contributed by atoms with Crippen LogP contribution in [0.25, 0.3) is 0 Å². The second-order valence-corrected chi connectivity index (χ2v) is 4.75. The monoisotopic (exact) mass is 200 g/mol. The van der Waals surface area contributed by atoms with E-state index in [9.17, 15) is 0 Å². The van der Waals surface area contributed by atoms with E-state index < -0.39 is 0 Å². The van der Waals surface area contributed by atoms with E-state index >= 15 is 0 Å². The van der Waals surface area contributed by atoms with E-state index in [4.69, 9.17) is 9.47 Å². The lowest BCUT2D eigenvalue weighted by Crippen LogP contribution is -2.30. The average Bonchev–Trinajstić information content (AvgIpc) is 2.18. The summed E-state index contributed by atoms with van der Waals surface area (Å²) in [7, 11) is 1.82. The molecule has 0 saturated heterocycles. The predicted molar refractivity (Wildman–Crippen MR) is 58.4 cm³/mol. The molecule has 1 aliphatic rings. The maximum atomic E-state index is 5.69. The van der Waals surface area contributed by atoms with Gasteiger partial charge in [0.05, 0.1) is 12.7 Å². The fourth-order valence-electron chi connectivity index (χ4n) is 2.13. The zero-order valence-corrected chi connectivity index (χ0v) is 9.79. The summed E-state index contributed by atoms with van der Waals surface area (Å²) in [5.74, 6) is 1.27. The second-order valence-electron chi connectivity index (χ2n) is 4.75. The van der Waals surface area contributed by atoms with Crippen LogP contribution in [0.3, 0.4) is 0 Å². The van der Waals surface area contributed by atoms with Gasteiger partial charge in [-0.05, 0) is 18.8 Å². The predicted octanol–water partition coefficient (Wildman–Crippen LogP) is 2.86. The highest BCUT2D eigenvalue weighted by molar-refractivity contribution is 4.75. The molecule has 84 valence electrons. The van der Waals surface area contributed by atoms with E-state index in [2.05, 4.69) is 13.8 Å². The van der Waals surface area contributed by atoms with Gasteiger partial charge in [0.2, 0.25) is 0 Å². The quantitative estimate of drug-likeness (QED) is 0.679. The highest BCUT2D eigenvalue weighted by atomic mass is 16.5. The van der Waals surface area contributed by atoms with Gasteiger partial charge in [0.25, 0.3) is 0 Å². The molecule has 1 saturated carbocycles. The highest BCUT2D eigenvalue weighted by Gasteiger charge is 2.24. The SMILES string of the molecule is COC1CCCCC1COCC(C)C. The van der Waals surface area contributed by atoms with Crippen LogP contribution in [0.15, 0.2) is 0 Å². The third-order valence-corrected chi connectivity index (χ3v) is 2.93. The number of ether oxygens (including phenoxy) is 2. The Labute approximate surface area is 88.0 Å². The van der Waals surface area contributed by atoms with Gasteiger partial charge in [0.1, 0.15) is 0 Å². The molecule has 0 radical (unpaired) electrons. The van der Waals surface area contributed by atoms with E-state index in [0.29, 0.717) is 17.9 Å². The van der Waals surface area contributed by atoms with Crippen LogP contribution in [0.1, 0.15) is 39.5 Å². The van der Waals surface area contributed by atoms with Crippen molar-refractivity contribution in [3.63, 3.8) is 0 Å². The van der Waals surface area contributed by atoms with Crippen LogP contribution in [0.4, 0.5) is 0 Å². The maximum absolute atomic E-state index is 5.69. The van der Waals surface area contributed by atoms with Gasteiger partial charge < -0.3 is 9.47 Å². The minimum atomic E-state index is 0.441. The minimum absolute atomic E-state index is 0.441. The van der Waals surface area contributed by atoms with Crippen molar-refractivity contribution in [1.29, 1.82) is 0 Å². The molecular weight excluding hydrogens is 176 g/mol. The summed E-state index contributed by atoms with van der Waals surface area (Å²) in [6, 6.07) is 0. The van der Waals surface area contributed by atoms with E-state index in [0.717, 1.165) is 13.2 Å². The van der Waals surface area contributed by atoms with Crippen molar-refractivity contribution in [2.75, 3.05) is 20.3 Å². The Morgan fingerprint density at radius 1 is 1.21 bits per heavy atom. The molecular formula is C12H24O2. The normalized spacial score (nSPS) is 28.3. The molecule has 2 atom stereocenters. The average molecular weight is 200 g/mol. The van der Waals surface area contributed by atoms with Crippen LogP contribution in [0, 0.1) is 11.8 Å². The Balaban J connectivity index is 2.19. The number of hydrogen-bond donors (Lipinski definition) is 0. The second kappa shape index (κ2) is 6.41. The molecule has 0 amide bonds. The Bertz CT molecular complexity index is 145. The number of methoxy groups -OCH3 is 1. The lowest BCUT2D eigenvalue weighted by molar-refractivity contribution is -0.0246. The van der Waals surface area contributed by atoms with Crippen LogP contribution in [0.5, 0.6) is 0 Å². The summed E-state index contributed by atoms with van der Waals surface area (Å²) in [5, 5.41) is 0. The molecule has 0 aromatic carbocycles. The van der Waals surface area contributed by atoms with Gasteiger partial charge in [-0.2, -0.15) is 0 Å². The maximum Gasteiger partial charge on any atom is 0.0621 e. The van der Waals surface area contributed by atoms with Crippen molar-refractivity contribution in [1.82, 2.24) is 0 Å². The summed E-state index contributed by atoms with van der Waals surface area (Å²) in [5.41, 5.74) is 0. The molecule has 1 fully saturated rings. The molecule has 0 N–H and O–H groups in total. The molecule has 14 heavy (non-hydrogen) atoms. The first-order chi connectivity index (χ1) is 6.74. The molecule has 0 aromatic heterocycles. The standard InChI is InChI=1S/C12H24O2/c1-10(2)8-14-9-11-6-4-5-7-12(11)13-3/h10-12H,4-9H2,1-3H3. The molecule has 0 aliphatic heterocycles. The van der Waals surface area contributed by atoms with Crippen LogP contribution in [-0.4, -0.2) is 26.4 Å². The van der Waals surface area contributed by atoms with Gasteiger partial charge >= 0.3 is 0 Å². The number of rotatable bonds is 5. The highest BCUT2D eigenvalue weighted by Crippen LogP contribution is 2.26. The van der Waals surface area contributed by atoms with E-state index in [-0.39, 0.29) is 0 Å². The first-order valence-corrected chi connectivity index (χ1v) is 5.84. The molecule has 2 unspecified atom stereocenters. The Morgan fingerprint density at radius 3 is 2.57 bits per heavy atom.